The maximum atomic E-state index is 12.4. The topological polar surface area (TPSA) is 46.9 Å². The number of para-hydroxylation sites is 1. The standard InChI is InChI=1S/C16H19N3O/c1-3-12-9-13(19(2)18-12)10-16(20)15-8-11-6-4-5-7-14(11)17-15/h4-7,9,15,17H,3,8,10H2,1-2H3. The Morgan fingerprint density at radius 2 is 2.25 bits per heavy atom. The average molecular weight is 269 g/mol. The van der Waals surface area contributed by atoms with Gasteiger partial charge in [-0.3, -0.25) is 9.48 Å². The van der Waals surface area contributed by atoms with Crippen LogP contribution in [0.1, 0.15) is 23.9 Å². The average Bonchev–Trinajstić information content (AvgIpc) is 3.02. The second-order valence-corrected chi connectivity index (χ2v) is 5.31. The molecule has 1 N–H and O–H groups in total. The molecule has 0 fully saturated rings. The lowest BCUT2D eigenvalue weighted by molar-refractivity contribution is -0.119. The summed E-state index contributed by atoms with van der Waals surface area (Å²) in [5, 5.41) is 7.71. The van der Waals surface area contributed by atoms with Crippen LogP contribution in [0.4, 0.5) is 5.69 Å². The predicted molar refractivity (Wildman–Crippen MR) is 78.9 cm³/mol. The Morgan fingerprint density at radius 3 is 2.95 bits per heavy atom. The minimum Gasteiger partial charge on any atom is -0.375 e. The quantitative estimate of drug-likeness (QED) is 0.925. The van der Waals surface area contributed by atoms with Gasteiger partial charge in [-0.05, 0) is 24.1 Å². The molecular formula is C16H19N3O. The maximum Gasteiger partial charge on any atom is 0.161 e. The van der Waals surface area contributed by atoms with E-state index in [1.54, 1.807) is 0 Å². The van der Waals surface area contributed by atoms with Gasteiger partial charge in [0.1, 0.15) is 0 Å². The monoisotopic (exact) mass is 269 g/mol. The molecule has 2 aromatic rings. The summed E-state index contributed by atoms with van der Waals surface area (Å²) in [7, 11) is 1.90. The molecule has 3 rings (SSSR count). The molecular weight excluding hydrogens is 250 g/mol. The van der Waals surface area contributed by atoms with E-state index in [1.165, 1.54) is 5.56 Å². The van der Waals surface area contributed by atoms with E-state index < -0.39 is 0 Å². The molecule has 1 aromatic carbocycles. The van der Waals surface area contributed by atoms with E-state index in [9.17, 15) is 4.79 Å². The van der Waals surface area contributed by atoms with Crippen molar-refractivity contribution in [3.63, 3.8) is 0 Å². The lowest BCUT2D eigenvalue weighted by Crippen LogP contribution is -2.29. The van der Waals surface area contributed by atoms with Crippen LogP contribution in [0.5, 0.6) is 0 Å². The summed E-state index contributed by atoms with van der Waals surface area (Å²) in [6, 6.07) is 10.0. The van der Waals surface area contributed by atoms with Crippen molar-refractivity contribution in [1.82, 2.24) is 9.78 Å². The molecule has 104 valence electrons. The van der Waals surface area contributed by atoms with Crippen molar-refractivity contribution in [2.75, 3.05) is 5.32 Å². The van der Waals surface area contributed by atoms with Gasteiger partial charge >= 0.3 is 0 Å². The van der Waals surface area contributed by atoms with Crippen molar-refractivity contribution in [3.8, 4) is 0 Å². The van der Waals surface area contributed by atoms with Gasteiger partial charge in [0.25, 0.3) is 0 Å². The summed E-state index contributed by atoms with van der Waals surface area (Å²) in [4.78, 5) is 12.4. The van der Waals surface area contributed by atoms with Crippen LogP contribution in [0.25, 0.3) is 0 Å². The van der Waals surface area contributed by atoms with Crippen LogP contribution in [0.2, 0.25) is 0 Å². The van der Waals surface area contributed by atoms with Crippen LogP contribution < -0.4 is 5.32 Å². The first-order valence-electron chi connectivity index (χ1n) is 7.06. The minimum atomic E-state index is -0.104. The molecule has 0 aliphatic carbocycles. The van der Waals surface area contributed by atoms with Crippen molar-refractivity contribution in [2.45, 2.75) is 32.2 Å². The van der Waals surface area contributed by atoms with Crippen molar-refractivity contribution in [3.05, 3.63) is 47.3 Å². The van der Waals surface area contributed by atoms with Crippen molar-refractivity contribution < 1.29 is 4.79 Å². The van der Waals surface area contributed by atoms with Crippen LogP contribution in [0.15, 0.2) is 30.3 Å². The van der Waals surface area contributed by atoms with E-state index in [1.807, 2.05) is 36.0 Å². The number of nitrogens with one attached hydrogen (secondary N) is 1. The Labute approximate surface area is 118 Å². The summed E-state index contributed by atoms with van der Waals surface area (Å²) >= 11 is 0. The smallest absolute Gasteiger partial charge is 0.161 e. The number of nitrogens with zero attached hydrogens (tertiary/aromatic N) is 2. The molecule has 0 saturated heterocycles. The van der Waals surface area contributed by atoms with Gasteiger partial charge in [0.2, 0.25) is 0 Å². The van der Waals surface area contributed by atoms with E-state index >= 15 is 0 Å². The van der Waals surface area contributed by atoms with Crippen LogP contribution >= 0.6 is 0 Å². The first-order valence-corrected chi connectivity index (χ1v) is 7.06. The Hall–Kier alpha value is -2.10. The number of hydrogen-bond donors (Lipinski definition) is 1. The number of rotatable bonds is 4. The third kappa shape index (κ3) is 2.33. The fourth-order valence-corrected chi connectivity index (χ4v) is 2.70. The van der Waals surface area contributed by atoms with Crippen LogP contribution in [-0.2, 0) is 31.1 Å². The van der Waals surface area contributed by atoms with Gasteiger partial charge < -0.3 is 5.32 Å². The number of aryl methyl sites for hydroxylation is 2. The summed E-state index contributed by atoms with van der Waals surface area (Å²) in [5.41, 5.74) is 4.35. The Balaban J connectivity index is 1.70. The van der Waals surface area contributed by atoms with E-state index in [2.05, 4.69) is 23.4 Å². The number of aromatic nitrogens is 2. The number of hydrogen-bond acceptors (Lipinski definition) is 3. The Kier molecular flexibility index (Phi) is 3.30. The van der Waals surface area contributed by atoms with E-state index in [0.717, 1.165) is 29.9 Å². The lowest BCUT2D eigenvalue weighted by Gasteiger charge is -2.10. The highest BCUT2D eigenvalue weighted by molar-refractivity contribution is 5.90. The molecule has 0 spiro atoms. The summed E-state index contributed by atoms with van der Waals surface area (Å²) in [5.74, 6) is 0.229. The fraction of sp³-hybridized carbons (Fsp3) is 0.375. The van der Waals surface area contributed by atoms with Gasteiger partial charge in [-0.15, -0.1) is 0 Å². The SMILES string of the molecule is CCc1cc(CC(=O)C2Cc3ccccc3N2)n(C)n1. The van der Waals surface area contributed by atoms with Gasteiger partial charge in [-0.25, -0.2) is 0 Å². The van der Waals surface area contributed by atoms with Gasteiger partial charge in [0.05, 0.1) is 18.2 Å². The number of carbonyl (C=O) groups is 1. The Morgan fingerprint density at radius 1 is 1.45 bits per heavy atom. The molecule has 2 heterocycles. The van der Waals surface area contributed by atoms with Gasteiger partial charge in [-0.2, -0.15) is 5.10 Å². The summed E-state index contributed by atoms with van der Waals surface area (Å²) < 4.78 is 1.82. The number of anilines is 1. The Bertz CT molecular complexity index is 620. The largest absolute Gasteiger partial charge is 0.375 e. The molecule has 1 aliphatic rings. The molecule has 0 radical (unpaired) electrons. The van der Waals surface area contributed by atoms with Crippen LogP contribution in [0.3, 0.4) is 0 Å². The van der Waals surface area contributed by atoms with Gasteiger partial charge in [0.15, 0.2) is 5.78 Å². The lowest BCUT2D eigenvalue weighted by atomic mass is 10.0. The van der Waals surface area contributed by atoms with Crippen LogP contribution in [0, 0.1) is 0 Å². The molecule has 0 saturated carbocycles. The molecule has 1 unspecified atom stereocenters. The number of fused-ring (bicyclic) bond motifs is 1. The fourth-order valence-electron chi connectivity index (χ4n) is 2.70. The first-order chi connectivity index (χ1) is 9.67. The van der Waals surface area contributed by atoms with Crippen LogP contribution in [-0.4, -0.2) is 21.6 Å². The molecule has 20 heavy (non-hydrogen) atoms. The highest BCUT2D eigenvalue weighted by atomic mass is 16.1. The molecule has 1 aromatic heterocycles. The third-order valence-electron chi connectivity index (χ3n) is 3.90. The minimum absolute atomic E-state index is 0.104. The zero-order chi connectivity index (χ0) is 14.1. The number of benzene rings is 1. The molecule has 4 heteroatoms. The number of Topliss-reactive ketones (excluding diaryl/α,β-unsaturated/α-hetero) is 1. The van der Waals surface area contributed by atoms with Gasteiger partial charge in [0, 0.05) is 24.8 Å². The summed E-state index contributed by atoms with van der Waals surface area (Å²) in [6.07, 6.45) is 2.12. The van der Waals surface area contributed by atoms with E-state index in [0.29, 0.717) is 6.42 Å². The van der Waals surface area contributed by atoms with Gasteiger partial charge in [-0.1, -0.05) is 25.1 Å². The summed E-state index contributed by atoms with van der Waals surface area (Å²) in [6.45, 7) is 2.07. The second kappa shape index (κ2) is 5.12. The molecule has 0 amide bonds. The molecule has 4 nitrogen and oxygen atoms in total. The maximum absolute atomic E-state index is 12.4. The third-order valence-corrected chi connectivity index (χ3v) is 3.90. The number of carbonyl (C=O) groups excluding carboxylic acids is 1. The highest BCUT2D eigenvalue weighted by Gasteiger charge is 2.26. The molecule has 0 bridgehead atoms. The second-order valence-electron chi connectivity index (χ2n) is 5.31. The normalized spacial score (nSPS) is 16.8. The zero-order valence-electron chi connectivity index (χ0n) is 11.9. The van der Waals surface area contributed by atoms with Crippen molar-refractivity contribution in [2.24, 2.45) is 7.05 Å². The van der Waals surface area contributed by atoms with Crippen molar-refractivity contribution >= 4 is 11.5 Å². The first kappa shape index (κ1) is 12.9. The molecule has 1 aliphatic heterocycles. The predicted octanol–water partition coefficient (Wildman–Crippen LogP) is 2.13. The van der Waals surface area contributed by atoms with E-state index in [-0.39, 0.29) is 11.8 Å². The zero-order valence-corrected chi connectivity index (χ0v) is 11.9. The molecule has 1 atom stereocenters. The van der Waals surface area contributed by atoms with Crippen molar-refractivity contribution in [1.29, 1.82) is 0 Å². The number of ketones is 1. The van der Waals surface area contributed by atoms with E-state index in [4.69, 9.17) is 0 Å². The highest BCUT2D eigenvalue weighted by Crippen LogP contribution is 2.26.